The largest absolute Gasteiger partial charge is 0.497 e. The van der Waals surface area contributed by atoms with E-state index in [1.54, 1.807) is 18.9 Å². The van der Waals surface area contributed by atoms with Crippen LogP contribution >= 0.6 is 11.8 Å². The summed E-state index contributed by atoms with van der Waals surface area (Å²) in [5, 5.41) is 0. The average molecular weight is 240 g/mol. The first-order chi connectivity index (χ1) is 7.67. The highest BCUT2D eigenvalue weighted by Gasteiger charge is 2.12. The highest BCUT2D eigenvalue weighted by Crippen LogP contribution is 2.23. The van der Waals surface area contributed by atoms with Gasteiger partial charge in [0.2, 0.25) is 0 Å². The van der Waals surface area contributed by atoms with Gasteiger partial charge in [-0.1, -0.05) is 6.92 Å². The van der Waals surface area contributed by atoms with Crippen LogP contribution in [-0.4, -0.2) is 25.9 Å². The molecule has 4 heteroatoms. The summed E-state index contributed by atoms with van der Waals surface area (Å²) in [6.07, 6.45) is 0. The Morgan fingerprint density at radius 1 is 1.31 bits per heavy atom. The van der Waals surface area contributed by atoms with Gasteiger partial charge in [0.05, 0.1) is 20.1 Å². The molecule has 0 aromatic heterocycles. The van der Waals surface area contributed by atoms with Gasteiger partial charge in [-0.05, 0) is 24.3 Å². The van der Waals surface area contributed by atoms with Gasteiger partial charge in [0.25, 0.3) is 0 Å². The molecule has 1 rings (SSSR count). The predicted molar refractivity (Wildman–Crippen MR) is 64.9 cm³/mol. The molecule has 0 fully saturated rings. The maximum Gasteiger partial charge on any atom is 0.309 e. The second-order valence-electron chi connectivity index (χ2n) is 3.41. The summed E-state index contributed by atoms with van der Waals surface area (Å²) >= 11 is 1.64. The van der Waals surface area contributed by atoms with E-state index in [-0.39, 0.29) is 11.9 Å². The minimum atomic E-state index is -0.166. The van der Waals surface area contributed by atoms with Crippen molar-refractivity contribution >= 4 is 17.7 Å². The molecule has 3 nitrogen and oxygen atoms in total. The van der Waals surface area contributed by atoms with Crippen molar-refractivity contribution in [2.45, 2.75) is 11.8 Å². The monoisotopic (exact) mass is 240 g/mol. The van der Waals surface area contributed by atoms with Gasteiger partial charge < -0.3 is 9.47 Å². The Balaban J connectivity index is 2.45. The molecular weight excluding hydrogens is 224 g/mol. The van der Waals surface area contributed by atoms with Crippen LogP contribution in [0.4, 0.5) is 0 Å². The Bertz CT molecular complexity index is 335. The molecule has 1 aromatic carbocycles. The molecule has 0 heterocycles. The number of carbonyl (C=O) groups is 1. The van der Waals surface area contributed by atoms with E-state index >= 15 is 0 Å². The first-order valence-electron chi connectivity index (χ1n) is 5.02. The van der Waals surface area contributed by atoms with Crippen LogP contribution in [0.25, 0.3) is 0 Å². The molecule has 1 atom stereocenters. The van der Waals surface area contributed by atoms with Gasteiger partial charge in [0, 0.05) is 10.6 Å². The van der Waals surface area contributed by atoms with Crippen molar-refractivity contribution in [3.05, 3.63) is 24.3 Å². The molecule has 0 bridgehead atoms. The molecule has 0 N–H and O–H groups in total. The number of esters is 1. The van der Waals surface area contributed by atoms with Gasteiger partial charge in [-0.15, -0.1) is 11.8 Å². The van der Waals surface area contributed by atoms with Gasteiger partial charge in [-0.3, -0.25) is 4.79 Å². The lowest BCUT2D eigenvalue weighted by Gasteiger charge is -2.08. The zero-order valence-electron chi connectivity index (χ0n) is 9.73. The number of thioether (sulfide) groups is 1. The van der Waals surface area contributed by atoms with E-state index in [1.165, 1.54) is 7.11 Å². The molecule has 88 valence electrons. The van der Waals surface area contributed by atoms with Crippen LogP contribution in [0, 0.1) is 5.92 Å². The van der Waals surface area contributed by atoms with Gasteiger partial charge in [0.1, 0.15) is 5.75 Å². The topological polar surface area (TPSA) is 35.5 Å². The van der Waals surface area contributed by atoms with Crippen LogP contribution < -0.4 is 4.74 Å². The molecule has 0 saturated carbocycles. The van der Waals surface area contributed by atoms with Crippen molar-refractivity contribution in [2.75, 3.05) is 20.0 Å². The van der Waals surface area contributed by atoms with E-state index in [0.717, 1.165) is 16.4 Å². The van der Waals surface area contributed by atoms with E-state index in [9.17, 15) is 4.79 Å². The Morgan fingerprint density at radius 3 is 2.44 bits per heavy atom. The third kappa shape index (κ3) is 3.77. The number of ether oxygens (including phenoxy) is 2. The highest BCUT2D eigenvalue weighted by molar-refractivity contribution is 7.99. The van der Waals surface area contributed by atoms with Gasteiger partial charge in [-0.2, -0.15) is 0 Å². The fourth-order valence-electron chi connectivity index (χ4n) is 1.16. The Kier molecular flexibility index (Phi) is 5.19. The van der Waals surface area contributed by atoms with Crippen molar-refractivity contribution < 1.29 is 14.3 Å². The molecule has 0 aliphatic rings. The van der Waals surface area contributed by atoms with Crippen molar-refractivity contribution in [3.63, 3.8) is 0 Å². The van der Waals surface area contributed by atoms with E-state index in [0.29, 0.717) is 0 Å². The minimum Gasteiger partial charge on any atom is -0.497 e. The van der Waals surface area contributed by atoms with Crippen LogP contribution in [0.3, 0.4) is 0 Å². The first kappa shape index (κ1) is 12.9. The third-order valence-electron chi connectivity index (χ3n) is 2.16. The van der Waals surface area contributed by atoms with E-state index in [4.69, 9.17) is 4.74 Å². The van der Waals surface area contributed by atoms with E-state index in [2.05, 4.69) is 4.74 Å². The molecule has 1 unspecified atom stereocenters. The van der Waals surface area contributed by atoms with Crippen molar-refractivity contribution in [3.8, 4) is 5.75 Å². The molecular formula is C12H16O3S. The van der Waals surface area contributed by atoms with Crippen LogP contribution in [0.15, 0.2) is 29.2 Å². The maximum absolute atomic E-state index is 11.2. The second kappa shape index (κ2) is 6.43. The first-order valence-corrected chi connectivity index (χ1v) is 6.00. The maximum atomic E-state index is 11.2. The lowest BCUT2D eigenvalue weighted by atomic mass is 10.2. The number of hydrogen-bond donors (Lipinski definition) is 0. The van der Waals surface area contributed by atoms with Crippen LogP contribution in [-0.2, 0) is 9.53 Å². The molecule has 16 heavy (non-hydrogen) atoms. The molecule has 1 aromatic rings. The summed E-state index contributed by atoms with van der Waals surface area (Å²) in [6, 6.07) is 7.78. The number of carbonyl (C=O) groups excluding carboxylic acids is 1. The van der Waals surface area contributed by atoms with Gasteiger partial charge in [0.15, 0.2) is 0 Å². The van der Waals surface area contributed by atoms with Crippen molar-refractivity contribution in [1.29, 1.82) is 0 Å². The Labute approximate surface area is 100 Å². The lowest BCUT2D eigenvalue weighted by molar-refractivity contribution is -0.143. The summed E-state index contributed by atoms with van der Waals surface area (Å²) in [5.41, 5.74) is 0. The smallest absolute Gasteiger partial charge is 0.309 e. The summed E-state index contributed by atoms with van der Waals surface area (Å²) < 4.78 is 9.73. The molecule has 0 aliphatic heterocycles. The number of methoxy groups -OCH3 is 2. The number of rotatable bonds is 5. The number of hydrogen-bond acceptors (Lipinski definition) is 4. The lowest BCUT2D eigenvalue weighted by Crippen LogP contribution is -2.14. The fourth-order valence-corrected chi connectivity index (χ4v) is 2.07. The summed E-state index contributed by atoms with van der Waals surface area (Å²) in [5.74, 6) is 1.31. The standard InChI is InChI=1S/C12H16O3S/c1-9(12(13)15-3)8-16-11-6-4-10(14-2)5-7-11/h4-7,9H,8H2,1-3H3. The zero-order valence-corrected chi connectivity index (χ0v) is 10.5. The van der Waals surface area contributed by atoms with Crippen LogP contribution in [0.1, 0.15) is 6.92 Å². The fraction of sp³-hybridized carbons (Fsp3) is 0.417. The van der Waals surface area contributed by atoms with Crippen molar-refractivity contribution in [1.82, 2.24) is 0 Å². The molecule has 0 amide bonds. The highest BCUT2D eigenvalue weighted by atomic mass is 32.2. The average Bonchev–Trinajstić information content (AvgIpc) is 2.35. The second-order valence-corrected chi connectivity index (χ2v) is 4.50. The Morgan fingerprint density at radius 2 is 1.94 bits per heavy atom. The summed E-state index contributed by atoms with van der Waals surface area (Å²) in [4.78, 5) is 12.3. The summed E-state index contributed by atoms with van der Waals surface area (Å²) in [6.45, 7) is 1.86. The van der Waals surface area contributed by atoms with Crippen molar-refractivity contribution in [2.24, 2.45) is 5.92 Å². The zero-order chi connectivity index (χ0) is 12.0. The summed E-state index contributed by atoms with van der Waals surface area (Å²) in [7, 11) is 3.05. The number of benzene rings is 1. The van der Waals surface area contributed by atoms with Crippen LogP contribution in [0.2, 0.25) is 0 Å². The van der Waals surface area contributed by atoms with E-state index in [1.807, 2.05) is 31.2 Å². The molecule has 0 saturated heterocycles. The van der Waals surface area contributed by atoms with E-state index < -0.39 is 0 Å². The normalized spacial score (nSPS) is 11.9. The van der Waals surface area contributed by atoms with Gasteiger partial charge >= 0.3 is 5.97 Å². The predicted octanol–water partition coefficient (Wildman–Crippen LogP) is 2.60. The quantitative estimate of drug-likeness (QED) is 0.585. The SMILES string of the molecule is COC(=O)C(C)CSc1ccc(OC)cc1. The molecule has 0 radical (unpaired) electrons. The van der Waals surface area contributed by atoms with Gasteiger partial charge in [-0.25, -0.2) is 0 Å². The molecule has 0 spiro atoms. The third-order valence-corrected chi connectivity index (χ3v) is 3.44. The van der Waals surface area contributed by atoms with Crippen LogP contribution in [0.5, 0.6) is 5.75 Å². The Hall–Kier alpha value is -1.16. The minimum absolute atomic E-state index is 0.0860. The molecule has 0 aliphatic carbocycles.